The predicted molar refractivity (Wildman–Crippen MR) is 97.5 cm³/mol. The normalized spacial score (nSPS) is 54.7. The first-order valence-corrected chi connectivity index (χ1v) is 9.44. The maximum Gasteiger partial charge on any atom is 0.117 e. The lowest BCUT2D eigenvalue weighted by Gasteiger charge is -2.49. The van der Waals surface area contributed by atoms with Gasteiger partial charge < -0.3 is 0 Å². The van der Waals surface area contributed by atoms with Crippen molar-refractivity contribution in [2.24, 2.45) is 35.5 Å². The van der Waals surface area contributed by atoms with Crippen molar-refractivity contribution < 1.29 is 0 Å². The smallest absolute Gasteiger partial charge is 0.0694 e. The van der Waals surface area contributed by atoms with Crippen LogP contribution in [0.25, 0.3) is 0 Å². The van der Waals surface area contributed by atoms with Crippen molar-refractivity contribution in [2.45, 2.75) is 85.1 Å². The van der Waals surface area contributed by atoms with Crippen LogP contribution in [0, 0.1) is 35.5 Å². The maximum atomic E-state index is 2.65. The summed E-state index contributed by atoms with van der Waals surface area (Å²) in [4.78, 5) is 0. The molecule has 0 spiro atoms. The Kier molecular flexibility index (Phi) is 5.59. The van der Waals surface area contributed by atoms with E-state index in [-0.39, 0.29) is 0 Å². The second kappa shape index (κ2) is 6.71. The lowest BCUT2D eigenvalue weighted by atomic mass is 9.38. The first kappa shape index (κ1) is 17.5. The Labute approximate surface area is 135 Å². The molecule has 0 aromatic rings. The van der Waals surface area contributed by atoms with E-state index >= 15 is 0 Å². The predicted octanol–water partition coefficient (Wildman–Crippen LogP) is 5.82. The van der Waals surface area contributed by atoms with Gasteiger partial charge in [-0.3, -0.25) is 0 Å². The first-order valence-electron chi connectivity index (χ1n) is 9.44. The second-order valence-electron chi connectivity index (χ2n) is 8.82. The Bertz CT molecular complexity index is 328. The van der Waals surface area contributed by atoms with Gasteiger partial charge in [0, 0.05) is 0 Å². The van der Waals surface area contributed by atoms with Crippen LogP contribution in [0.4, 0.5) is 0 Å². The van der Waals surface area contributed by atoms with E-state index < -0.39 is 0 Å². The molecule has 2 fully saturated rings. The van der Waals surface area contributed by atoms with E-state index in [2.05, 4.69) is 69.9 Å². The lowest BCUT2D eigenvalue weighted by molar-refractivity contribution is 0.125. The van der Waals surface area contributed by atoms with Gasteiger partial charge in [-0.15, -0.1) is 0 Å². The van der Waals surface area contributed by atoms with Crippen LogP contribution in [0.2, 0.25) is 23.3 Å². The van der Waals surface area contributed by atoms with E-state index in [1.807, 2.05) is 0 Å². The molecule has 2 aliphatic heterocycles. The van der Waals surface area contributed by atoms with E-state index in [1.54, 1.807) is 0 Å². The van der Waals surface area contributed by atoms with Crippen LogP contribution in [0.1, 0.15) is 61.8 Å². The van der Waals surface area contributed by atoms with Crippen LogP contribution in [0.5, 0.6) is 0 Å². The van der Waals surface area contributed by atoms with Crippen molar-refractivity contribution in [2.75, 3.05) is 0 Å². The van der Waals surface area contributed by atoms with Gasteiger partial charge in [-0.2, -0.15) is 0 Å². The fourth-order valence-corrected chi connectivity index (χ4v) is 5.41. The molecular weight excluding hydrogens is 250 g/mol. The van der Waals surface area contributed by atoms with Crippen LogP contribution in [0.3, 0.4) is 0 Å². The fraction of sp³-hybridized carbons (Fsp3) is 1.00. The summed E-state index contributed by atoms with van der Waals surface area (Å²) in [5.41, 5.74) is 0. The Hall–Kier alpha value is 0.130. The Morgan fingerprint density at radius 3 is 1.43 bits per heavy atom. The summed E-state index contributed by atoms with van der Waals surface area (Å²) >= 11 is 0. The summed E-state index contributed by atoms with van der Waals surface area (Å²) in [7, 11) is 5.25. The highest BCUT2D eigenvalue weighted by atomic mass is 14.4. The molecule has 9 atom stereocenters. The number of rotatable bonds is 2. The molecule has 2 heterocycles. The third-order valence-electron chi connectivity index (χ3n) is 7.78. The van der Waals surface area contributed by atoms with E-state index in [4.69, 9.17) is 0 Å². The van der Waals surface area contributed by atoms with Gasteiger partial charge in [0.15, 0.2) is 0 Å². The van der Waals surface area contributed by atoms with Crippen LogP contribution in [0.15, 0.2) is 0 Å². The summed E-state index contributed by atoms with van der Waals surface area (Å²) in [6, 6.07) is 0. The average molecular weight is 286 g/mol. The molecule has 0 aromatic carbocycles. The SMILES string of the molecule is CC1[B]C(C)C(CC2C(C)C(C)[B]C(C)C2C)C(C)C1C. The van der Waals surface area contributed by atoms with Crippen molar-refractivity contribution >= 4 is 14.6 Å². The molecule has 0 amide bonds. The summed E-state index contributed by atoms with van der Waals surface area (Å²) in [6.07, 6.45) is 1.45. The van der Waals surface area contributed by atoms with E-state index in [0.29, 0.717) is 0 Å². The third-order valence-corrected chi connectivity index (χ3v) is 7.78. The van der Waals surface area contributed by atoms with Gasteiger partial charge in [-0.1, -0.05) is 78.7 Å². The largest absolute Gasteiger partial charge is 0.117 e. The third kappa shape index (κ3) is 3.40. The summed E-state index contributed by atoms with van der Waals surface area (Å²) < 4.78 is 0. The molecule has 9 unspecified atom stereocenters. The van der Waals surface area contributed by atoms with Crippen LogP contribution in [-0.4, -0.2) is 14.6 Å². The monoisotopic (exact) mass is 286 g/mol. The molecule has 2 radical (unpaired) electrons. The zero-order chi connectivity index (χ0) is 15.9. The molecule has 2 heteroatoms. The minimum absolute atomic E-state index is 0.788. The first-order chi connectivity index (χ1) is 9.73. The molecule has 0 aromatic heterocycles. The summed E-state index contributed by atoms with van der Waals surface area (Å²) in [5, 5.41) is 0. The van der Waals surface area contributed by atoms with Crippen LogP contribution in [-0.2, 0) is 0 Å². The standard InChI is InChI=1S/C19H36B2/c1-10-11(2)19(17(8)21-14(10)5)9-18-12(3)15(6)20-16(7)13(18)4/h10-19H,9H2,1-8H3. The highest BCUT2D eigenvalue weighted by Gasteiger charge is 2.42. The minimum atomic E-state index is 0.788. The molecule has 2 aliphatic rings. The Morgan fingerprint density at radius 2 is 0.905 bits per heavy atom. The lowest BCUT2D eigenvalue weighted by Crippen LogP contribution is -2.41. The zero-order valence-corrected chi connectivity index (χ0v) is 15.6. The molecule has 118 valence electrons. The van der Waals surface area contributed by atoms with Gasteiger partial charge in [0.2, 0.25) is 0 Å². The van der Waals surface area contributed by atoms with Gasteiger partial charge in [-0.25, -0.2) is 0 Å². The quantitative estimate of drug-likeness (QED) is 0.561. The van der Waals surface area contributed by atoms with Gasteiger partial charge in [0.1, 0.15) is 14.6 Å². The van der Waals surface area contributed by atoms with Crippen molar-refractivity contribution in [3.8, 4) is 0 Å². The maximum absolute atomic E-state index is 2.65. The second-order valence-corrected chi connectivity index (χ2v) is 8.82. The van der Waals surface area contributed by atoms with E-state index in [1.165, 1.54) is 6.42 Å². The van der Waals surface area contributed by atoms with Gasteiger partial charge in [0.25, 0.3) is 0 Å². The molecule has 0 aliphatic carbocycles. The molecule has 0 bridgehead atoms. The van der Waals surface area contributed by atoms with Crippen molar-refractivity contribution in [3.63, 3.8) is 0 Å². The highest BCUT2D eigenvalue weighted by molar-refractivity contribution is 6.40. The molecule has 2 saturated heterocycles. The highest BCUT2D eigenvalue weighted by Crippen LogP contribution is 2.51. The van der Waals surface area contributed by atoms with Gasteiger partial charge >= 0.3 is 0 Å². The zero-order valence-electron chi connectivity index (χ0n) is 15.6. The molecule has 0 N–H and O–H groups in total. The number of hydrogen-bond acceptors (Lipinski definition) is 0. The Morgan fingerprint density at radius 1 is 0.476 bits per heavy atom. The van der Waals surface area contributed by atoms with Crippen molar-refractivity contribution in [1.82, 2.24) is 0 Å². The van der Waals surface area contributed by atoms with E-state index in [0.717, 1.165) is 58.8 Å². The summed E-state index contributed by atoms with van der Waals surface area (Å²) in [6.45, 7) is 19.8. The molecular formula is C19H36B2. The Balaban J connectivity index is 2.11. The minimum Gasteiger partial charge on any atom is -0.0694 e. The summed E-state index contributed by atoms with van der Waals surface area (Å²) in [5.74, 6) is 8.38. The average Bonchev–Trinajstić information content (AvgIpc) is 2.42. The molecule has 2 rings (SSSR count). The fourth-order valence-electron chi connectivity index (χ4n) is 5.41. The van der Waals surface area contributed by atoms with Crippen molar-refractivity contribution in [1.29, 1.82) is 0 Å². The van der Waals surface area contributed by atoms with Gasteiger partial charge in [0.05, 0.1) is 0 Å². The van der Waals surface area contributed by atoms with E-state index in [9.17, 15) is 0 Å². The topological polar surface area (TPSA) is 0 Å². The van der Waals surface area contributed by atoms with Crippen molar-refractivity contribution in [3.05, 3.63) is 0 Å². The van der Waals surface area contributed by atoms with Crippen LogP contribution >= 0.6 is 0 Å². The van der Waals surface area contributed by atoms with Crippen LogP contribution < -0.4 is 0 Å². The molecule has 21 heavy (non-hydrogen) atoms. The molecule has 0 saturated carbocycles. The van der Waals surface area contributed by atoms with Gasteiger partial charge in [-0.05, 0) is 41.9 Å². The molecule has 0 nitrogen and oxygen atoms in total. The number of hydrogen-bond donors (Lipinski definition) is 0.